The first-order chi connectivity index (χ1) is 21.1. The molecule has 2 aromatic carbocycles. The van der Waals surface area contributed by atoms with Gasteiger partial charge >= 0.3 is 0 Å². The average Bonchev–Trinajstić information content (AvgIpc) is 3.31. The number of anilines is 2. The van der Waals surface area contributed by atoms with Gasteiger partial charge in [-0.25, -0.2) is 0 Å². The van der Waals surface area contributed by atoms with Crippen molar-refractivity contribution in [3.05, 3.63) is 77.4 Å². The van der Waals surface area contributed by atoms with Crippen LogP contribution in [0.2, 0.25) is 5.02 Å². The quantitative estimate of drug-likeness (QED) is 0.464. The van der Waals surface area contributed by atoms with E-state index in [0.717, 1.165) is 5.56 Å². The van der Waals surface area contributed by atoms with Crippen molar-refractivity contribution in [2.75, 3.05) is 36.1 Å². The maximum absolute atomic E-state index is 14.7. The second kappa shape index (κ2) is 11.4. The molecule has 1 spiro atoms. The van der Waals surface area contributed by atoms with Gasteiger partial charge in [0, 0.05) is 18.8 Å². The van der Waals surface area contributed by atoms with Crippen LogP contribution in [0.25, 0.3) is 0 Å². The average molecular weight is 620 g/mol. The van der Waals surface area contributed by atoms with Crippen LogP contribution in [0.5, 0.6) is 5.75 Å². The Hall–Kier alpha value is -3.66. The molecule has 0 radical (unpaired) electrons. The summed E-state index contributed by atoms with van der Waals surface area (Å²) in [5.41, 5.74) is -0.520. The summed E-state index contributed by atoms with van der Waals surface area (Å²) in [5, 5.41) is 10.7. The molecule has 2 saturated heterocycles. The van der Waals surface area contributed by atoms with Crippen molar-refractivity contribution in [2.24, 2.45) is 11.8 Å². The Morgan fingerprint density at radius 3 is 2.34 bits per heavy atom. The van der Waals surface area contributed by atoms with Gasteiger partial charge in [-0.3, -0.25) is 14.4 Å². The standard InChI is InChI=1S/C34H38ClN3O6/c1-5-33-16-8-18-36(23-12-14-24(15-13-23)43-6-2)30(40)26(33)27-31(41)38(22(4)20-39)29-32(42)37(19-9-17-34(27,29)44-33)28-21(3)10-7-11-25(28)35/h7-17,22,26-27,29,39H,5-6,18-20H2,1-4H3/t22-,26-,27+,29?,33+,34+/m1/s1. The van der Waals surface area contributed by atoms with Crippen LogP contribution in [0.3, 0.4) is 0 Å². The molecule has 9 nitrogen and oxygen atoms in total. The molecular formula is C34H38ClN3O6. The van der Waals surface area contributed by atoms with Crippen molar-refractivity contribution in [3.63, 3.8) is 0 Å². The van der Waals surface area contributed by atoms with E-state index < -0.39 is 35.1 Å². The summed E-state index contributed by atoms with van der Waals surface area (Å²) in [5.74, 6) is -2.21. The van der Waals surface area contributed by atoms with Crippen LogP contribution in [0, 0.1) is 18.8 Å². The largest absolute Gasteiger partial charge is 0.494 e. The minimum atomic E-state index is -1.44. The van der Waals surface area contributed by atoms with Gasteiger partial charge in [-0.05, 0) is 63.1 Å². The van der Waals surface area contributed by atoms with Crippen LogP contribution in [0.15, 0.2) is 66.8 Å². The Morgan fingerprint density at radius 2 is 1.68 bits per heavy atom. The van der Waals surface area contributed by atoms with Crippen LogP contribution in [0.1, 0.15) is 32.8 Å². The molecule has 0 aliphatic carbocycles. The van der Waals surface area contributed by atoms with E-state index in [9.17, 15) is 19.5 Å². The first-order valence-electron chi connectivity index (χ1n) is 15.2. The zero-order valence-electron chi connectivity index (χ0n) is 25.4. The number of ether oxygens (including phenoxy) is 2. The van der Waals surface area contributed by atoms with Crippen molar-refractivity contribution >= 4 is 40.7 Å². The Bertz CT molecular complexity index is 1520. The monoisotopic (exact) mass is 619 g/mol. The number of nitrogens with zero attached hydrogens (tertiary/aromatic N) is 3. The molecule has 0 saturated carbocycles. The van der Waals surface area contributed by atoms with E-state index in [2.05, 4.69) is 0 Å². The maximum Gasteiger partial charge on any atom is 0.253 e. The Labute approximate surface area is 262 Å². The lowest BCUT2D eigenvalue weighted by atomic mass is 9.73. The smallest absolute Gasteiger partial charge is 0.253 e. The molecule has 6 rings (SSSR count). The summed E-state index contributed by atoms with van der Waals surface area (Å²) in [6.45, 7) is 8.10. The third-order valence-corrected chi connectivity index (χ3v) is 9.84. The minimum absolute atomic E-state index is 0.207. The van der Waals surface area contributed by atoms with Crippen molar-refractivity contribution in [2.45, 2.75) is 57.4 Å². The molecule has 4 aliphatic rings. The molecule has 3 amide bonds. The predicted molar refractivity (Wildman–Crippen MR) is 168 cm³/mol. The molecule has 10 heteroatoms. The third-order valence-electron chi connectivity index (χ3n) is 9.53. The number of aliphatic hydroxyl groups excluding tert-OH is 1. The van der Waals surface area contributed by atoms with Gasteiger partial charge in [-0.1, -0.05) is 55.0 Å². The van der Waals surface area contributed by atoms with E-state index in [-0.39, 0.29) is 30.9 Å². The first-order valence-corrected chi connectivity index (χ1v) is 15.6. The number of hydrogen-bond donors (Lipinski definition) is 1. The predicted octanol–water partition coefficient (Wildman–Crippen LogP) is 4.29. The lowest BCUT2D eigenvalue weighted by Gasteiger charge is -2.40. The van der Waals surface area contributed by atoms with Crippen LogP contribution in [-0.4, -0.2) is 77.3 Å². The van der Waals surface area contributed by atoms with Gasteiger partial charge in [0.1, 0.15) is 17.4 Å². The highest BCUT2D eigenvalue weighted by atomic mass is 35.5. The molecule has 4 heterocycles. The third kappa shape index (κ3) is 4.39. The molecule has 2 fully saturated rings. The highest BCUT2D eigenvalue weighted by molar-refractivity contribution is 6.34. The number of rotatable bonds is 7. The first kappa shape index (κ1) is 30.4. The van der Waals surface area contributed by atoms with E-state index in [0.29, 0.717) is 41.7 Å². The molecule has 0 bridgehead atoms. The van der Waals surface area contributed by atoms with Gasteiger partial charge in [0.15, 0.2) is 0 Å². The summed E-state index contributed by atoms with van der Waals surface area (Å²) < 4.78 is 12.6. The van der Waals surface area contributed by atoms with Gasteiger partial charge in [0.25, 0.3) is 5.91 Å². The number of halogens is 1. The minimum Gasteiger partial charge on any atom is -0.494 e. The maximum atomic E-state index is 14.7. The van der Waals surface area contributed by atoms with Gasteiger partial charge in [-0.2, -0.15) is 0 Å². The molecular weight excluding hydrogens is 582 g/mol. The molecule has 0 aromatic heterocycles. The summed E-state index contributed by atoms with van der Waals surface area (Å²) >= 11 is 6.63. The van der Waals surface area contributed by atoms with Gasteiger partial charge in [-0.15, -0.1) is 0 Å². The Morgan fingerprint density at radius 1 is 0.977 bits per heavy atom. The molecule has 4 aliphatic heterocycles. The number of carbonyl (C=O) groups is 3. The zero-order valence-corrected chi connectivity index (χ0v) is 26.2. The molecule has 44 heavy (non-hydrogen) atoms. The van der Waals surface area contributed by atoms with Crippen LogP contribution in [-0.2, 0) is 19.1 Å². The lowest BCUT2D eigenvalue weighted by Crippen LogP contribution is -2.58. The molecule has 1 unspecified atom stereocenters. The fourth-order valence-electron chi connectivity index (χ4n) is 7.55. The fourth-order valence-corrected chi connectivity index (χ4v) is 7.87. The second-order valence-corrected chi connectivity index (χ2v) is 12.3. The van der Waals surface area contributed by atoms with Gasteiger partial charge in [0.05, 0.1) is 47.4 Å². The normalized spacial score (nSPS) is 30.2. The Kier molecular flexibility index (Phi) is 7.84. The summed E-state index contributed by atoms with van der Waals surface area (Å²) in [6.07, 6.45) is 7.87. The fraction of sp³-hybridized carbons (Fsp3) is 0.441. The van der Waals surface area contributed by atoms with Crippen molar-refractivity contribution in [1.29, 1.82) is 0 Å². The van der Waals surface area contributed by atoms with Crippen molar-refractivity contribution in [3.8, 4) is 5.75 Å². The van der Waals surface area contributed by atoms with Crippen LogP contribution >= 0.6 is 11.6 Å². The molecule has 1 N–H and O–H groups in total. The number of benzene rings is 2. The second-order valence-electron chi connectivity index (χ2n) is 11.9. The highest BCUT2D eigenvalue weighted by Crippen LogP contribution is 2.59. The number of amides is 3. The topological polar surface area (TPSA) is 99.6 Å². The number of aryl methyl sites for hydroxylation is 1. The van der Waals surface area contributed by atoms with E-state index in [1.807, 2.05) is 81.5 Å². The SMILES string of the molecule is CCOc1ccc(N2CC=C[C@]3(CC)O[C@]45C=CCN(c6c(C)cccc6Cl)C(=O)C4N([C@H](C)CO)C(=O)[C@@H]5[C@@H]3C2=O)cc1. The van der Waals surface area contributed by atoms with Crippen molar-refractivity contribution in [1.82, 2.24) is 4.90 Å². The van der Waals surface area contributed by atoms with E-state index in [1.54, 1.807) is 22.8 Å². The number of likely N-dealkylation sites (tertiary alicyclic amines) is 1. The summed E-state index contributed by atoms with van der Waals surface area (Å²) in [7, 11) is 0. The van der Waals surface area contributed by atoms with Gasteiger partial charge < -0.3 is 29.3 Å². The van der Waals surface area contributed by atoms with Crippen LogP contribution in [0.4, 0.5) is 11.4 Å². The lowest BCUT2D eigenvalue weighted by molar-refractivity contribution is -0.148. The number of carbonyl (C=O) groups excluding carboxylic acids is 3. The molecule has 6 atom stereocenters. The Balaban J connectivity index is 1.48. The van der Waals surface area contributed by atoms with E-state index in [1.165, 1.54) is 4.90 Å². The number of hydrogen-bond acceptors (Lipinski definition) is 6. The summed E-state index contributed by atoms with van der Waals surface area (Å²) in [6, 6.07) is 10.9. The van der Waals surface area contributed by atoms with E-state index in [4.69, 9.17) is 21.1 Å². The van der Waals surface area contributed by atoms with Crippen LogP contribution < -0.4 is 14.5 Å². The zero-order chi connectivity index (χ0) is 31.4. The highest BCUT2D eigenvalue weighted by Gasteiger charge is 2.75. The van der Waals surface area contributed by atoms with E-state index >= 15 is 0 Å². The summed E-state index contributed by atoms with van der Waals surface area (Å²) in [4.78, 5) is 48.7. The molecule has 232 valence electrons. The number of para-hydroxylation sites is 1. The van der Waals surface area contributed by atoms with Gasteiger partial charge in [0.2, 0.25) is 11.8 Å². The molecule has 2 aromatic rings. The number of fused-ring (bicyclic) bond motifs is 2. The number of aliphatic hydroxyl groups is 1. The van der Waals surface area contributed by atoms with Crippen molar-refractivity contribution < 1.29 is 29.0 Å².